The summed E-state index contributed by atoms with van der Waals surface area (Å²) in [4.78, 5) is 10.3. The van der Waals surface area contributed by atoms with Crippen LogP contribution >= 0.6 is 0 Å². The van der Waals surface area contributed by atoms with Crippen LogP contribution in [0.5, 0.6) is 0 Å². The van der Waals surface area contributed by atoms with Gasteiger partial charge in [0.25, 0.3) is 0 Å². The van der Waals surface area contributed by atoms with Crippen molar-refractivity contribution in [1.82, 2.24) is 0 Å². The van der Waals surface area contributed by atoms with Crippen LogP contribution in [0.4, 0.5) is 4.39 Å². The summed E-state index contributed by atoms with van der Waals surface area (Å²) in [5, 5.41) is 8.45. The molecule has 0 bridgehead atoms. The van der Waals surface area contributed by atoms with E-state index in [1.54, 1.807) is 18.2 Å². The van der Waals surface area contributed by atoms with Crippen molar-refractivity contribution in [3.63, 3.8) is 0 Å². The van der Waals surface area contributed by atoms with Gasteiger partial charge in [-0.1, -0.05) is 30.3 Å². The lowest BCUT2D eigenvalue weighted by Gasteiger charge is -2.12. The lowest BCUT2D eigenvalue weighted by molar-refractivity contribution is -0.140. The molecule has 0 radical (unpaired) electrons. The topological polar surface area (TPSA) is 63.3 Å². The van der Waals surface area contributed by atoms with Crippen molar-refractivity contribution in [3.05, 3.63) is 35.9 Å². The summed E-state index contributed by atoms with van der Waals surface area (Å²) < 4.78 is 13.3. The van der Waals surface area contributed by atoms with E-state index in [0.717, 1.165) is 0 Å². The Hall–Kier alpha value is -1.42. The second kappa shape index (κ2) is 4.00. The van der Waals surface area contributed by atoms with E-state index in [1.807, 2.05) is 0 Å². The zero-order valence-corrected chi connectivity index (χ0v) is 6.85. The molecule has 2 atom stereocenters. The molecule has 0 aliphatic rings. The second-order valence-electron chi connectivity index (χ2n) is 2.68. The Kier molecular flexibility index (Phi) is 2.97. The number of halogens is 1. The van der Waals surface area contributed by atoms with Crippen molar-refractivity contribution in [3.8, 4) is 0 Å². The predicted molar refractivity (Wildman–Crippen MR) is 45.9 cm³/mol. The average molecular weight is 183 g/mol. The summed E-state index contributed by atoms with van der Waals surface area (Å²) in [6.45, 7) is 0. The van der Waals surface area contributed by atoms with Crippen LogP contribution < -0.4 is 5.73 Å². The van der Waals surface area contributed by atoms with Gasteiger partial charge in [0.1, 0.15) is 6.04 Å². The molecule has 0 saturated heterocycles. The minimum atomic E-state index is -1.65. The molecule has 0 aliphatic heterocycles. The molecule has 0 heterocycles. The zero-order valence-electron chi connectivity index (χ0n) is 6.85. The minimum Gasteiger partial charge on any atom is -0.480 e. The van der Waals surface area contributed by atoms with Crippen molar-refractivity contribution in [2.75, 3.05) is 0 Å². The molecule has 13 heavy (non-hydrogen) atoms. The maximum Gasteiger partial charge on any atom is 0.323 e. The molecule has 4 heteroatoms. The Bertz CT molecular complexity index is 289. The highest BCUT2D eigenvalue weighted by Crippen LogP contribution is 2.19. The summed E-state index contributed by atoms with van der Waals surface area (Å²) >= 11 is 0. The van der Waals surface area contributed by atoms with Gasteiger partial charge in [-0.25, -0.2) is 4.39 Å². The first-order valence-corrected chi connectivity index (χ1v) is 3.80. The number of hydrogen-bond donors (Lipinski definition) is 2. The van der Waals surface area contributed by atoms with E-state index < -0.39 is 18.2 Å². The first kappa shape index (κ1) is 9.67. The number of aliphatic carboxylic acids is 1. The van der Waals surface area contributed by atoms with Crippen molar-refractivity contribution in [1.29, 1.82) is 0 Å². The summed E-state index contributed by atoms with van der Waals surface area (Å²) in [5.41, 5.74) is 5.41. The molecule has 0 spiro atoms. The van der Waals surface area contributed by atoms with Gasteiger partial charge in [-0.3, -0.25) is 4.79 Å². The molecule has 0 aromatic heterocycles. The SMILES string of the molecule is N[C@@H](C(=O)O)C(F)c1ccccc1. The van der Waals surface area contributed by atoms with Crippen molar-refractivity contribution in [2.24, 2.45) is 5.73 Å². The molecule has 70 valence electrons. The Morgan fingerprint density at radius 1 is 1.38 bits per heavy atom. The highest BCUT2D eigenvalue weighted by Gasteiger charge is 2.24. The molecule has 0 saturated carbocycles. The van der Waals surface area contributed by atoms with Crippen LogP contribution in [0.25, 0.3) is 0 Å². The lowest BCUT2D eigenvalue weighted by Crippen LogP contribution is -2.34. The summed E-state index contributed by atoms with van der Waals surface area (Å²) in [6.07, 6.45) is -1.65. The average Bonchev–Trinajstić information content (AvgIpc) is 2.17. The standard InChI is InChI=1S/C9H10FNO2/c10-7(8(11)9(12)13)6-4-2-1-3-5-6/h1-5,7-8H,11H2,(H,12,13)/t7?,8-/m1/s1. The van der Waals surface area contributed by atoms with Crippen molar-refractivity contribution < 1.29 is 14.3 Å². The van der Waals surface area contributed by atoms with Gasteiger partial charge in [0.2, 0.25) is 0 Å². The number of nitrogens with two attached hydrogens (primary N) is 1. The Balaban J connectivity index is 2.79. The Labute approximate surface area is 75.0 Å². The summed E-state index contributed by atoms with van der Waals surface area (Å²) in [7, 11) is 0. The molecular formula is C9H10FNO2. The molecule has 1 aromatic carbocycles. The highest BCUT2D eigenvalue weighted by atomic mass is 19.1. The predicted octanol–water partition coefficient (Wildman–Crippen LogP) is 1.11. The van der Waals surface area contributed by atoms with E-state index in [4.69, 9.17) is 10.8 Å². The van der Waals surface area contributed by atoms with Crippen LogP contribution in [0.3, 0.4) is 0 Å². The summed E-state index contributed by atoms with van der Waals surface area (Å²) in [5.74, 6) is -1.34. The van der Waals surface area contributed by atoms with Gasteiger partial charge in [-0.05, 0) is 5.56 Å². The summed E-state index contributed by atoms with van der Waals surface area (Å²) in [6, 6.07) is 6.51. The van der Waals surface area contributed by atoms with Crippen LogP contribution in [-0.2, 0) is 4.79 Å². The van der Waals surface area contributed by atoms with Crippen LogP contribution in [0.1, 0.15) is 11.7 Å². The quantitative estimate of drug-likeness (QED) is 0.737. The largest absolute Gasteiger partial charge is 0.480 e. The third-order valence-electron chi connectivity index (χ3n) is 1.72. The van der Waals surface area contributed by atoms with E-state index in [0.29, 0.717) is 0 Å². The molecule has 0 aliphatic carbocycles. The minimum absolute atomic E-state index is 0.289. The van der Waals surface area contributed by atoms with E-state index in [9.17, 15) is 9.18 Å². The van der Waals surface area contributed by atoms with Crippen molar-refractivity contribution in [2.45, 2.75) is 12.2 Å². The van der Waals surface area contributed by atoms with E-state index in [-0.39, 0.29) is 5.56 Å². The highest BCUT2D eigenvalue weighted by molar-refractivity contribution is 5.74. The van der Waals surface area contributed by atoms with E-state index >= 15 is 0 Å². The fourth-order valence-corrected chi connectivity index (χ4v) is 0.969. The van der Waals surface area contributed by atoms with Gasteiger partial charge in [-0.2, -0.15) is 0 Å². The van der Waals surface area contributed by atoms with Crippen LogP contribution in [0.15, 0.2) is 30.3 Å². The van der Waals surface area contributed by atoms with Gasteiger partial charge in [-0.15, -0.1) is 0 Å². The van der Waals surface area contributed by atoms with Crippen molar-refractivity contribution >= 4 is 5.97 Å². The van der Waals surface area contributed by atoms with Crippen LogP contribution in [-0.4, -0.2) is 17.1 Å². The van der Waals surface area contributed by atoms with Gasteiger partial charge in [0, 0.05) is 0 Å². The molecule has 3 N–H and O–H groups in total. The first-order valence-electron chi connectivity index (χ1n) is 3.80. The third-order valence-corrected chi connectivity index (χ3v) is 1.72. The fourth-order valence-electron chi connectivity index (χ4n) is 0.969. The van der Waals surface area contributed by atoms with E-state index in [1.165, 1.54) is 12.1 Å². The monoisotopic (exact) mass is 183 g/mol. The zero-order chi connectivity index (χ0) is 9.84. The van der Waals surface area contributed by atoms with Gasteiger partial charge >= 0.3 is 5.97 Å². The molecule has 0 amide bonds. The molecular weight excluding hydrogens is 173 g/mol. The normalized spacial score (nSPS) is 14.9. The number of carboxylic acids is 1. The third kappa shape index (κ3) is 2.26. The fraction of sp³-hybridized carbons (Fsp3) is 0.222. The smallest absolute Gasteiger partial charge is 0.323 e. The van der Waals surface area contributed by atoms with Gasteiger partial charge in [0.15, 0.2) is 6.17 Å². The van der Waals surface area contributed by atoms with Gasteiger partial charge in [0.05, 0.1) is 0 Å². The van der Waals surface area contributed by atoms with Crippen LogP contribution in [0.2, 0.25) is 0 Å². The number of carboxylic acid groups (broad SMARTS) is 1. The molecule has 1 rings (SSSR count). The second-order valence-corrected chi connectivity index (χ2v) is 2.68. The van der Waals surface area contributed by atoms with Gasteiger partial charge < -0.3 is 10.8 Å². The Morgan fingerprint density at radius 2 is 1.92 bits per heavy atom. The number of rotatable bonds is 3. The molecule has 1 aromatic rings. The maximum absolute atomic E-state index is 13.3. The molecule has 1 unspecified atom stereocenters. The van der Waals surface area contributed by atoms with E-state index in [2.05, 4.69) is 0 Å². The molecule has 3 nitrogen and oxygen atoms in total. The van der Waals surface area contributed by atoms with Crippen LogP contribution in [0, 0.1) is 0 Å². The number of hydrogen-bond acceptors (Lipinski definition) is 2. The first-order chi connectivity index (χ1) is 6.13. The number of alkyl halides is 1. The lowest BCUT2D eigenvalue weighted by atomic mass is 10.0. The molecule has 0 fully saturated rings. The maximum atomic E-state index is 13.3. The Morgan fingerprint density at radius 3 is 2.38 bits per heavy atom. The number of carbonyl (C=O) groups is 1. The number of benzene rings is 1.